The molecular weight excluding hydrogens is 300 g/mol. The van der Waals surface area contributed by atoms with E-state index in [-0.39, 0.29) is 22.9 Å². The highest BCUT2D eigenvalue weighted by molar-refractivity contribution is 7.89. The highest BCUT2D eigenvalue weighted by Crippen LogP contribution is 2.23. The molecule has 1 unspecified atom stereocenters. The van der Waals surface area contributed by atoms with Crippen molar-refractivity contribution in [2.75, 3.05) is 6.54 Å². The van der Waals surface area contributed by atoms with Gasteiger partial charge in [-0.25, -0.2) is 13.1 Å². The number of rotatable bonds is 4. The minimum atomic E-state index is -3.45. The molecule has 1 aliphatic carbocycles. The molecule has 0 spiro atoms. The molecule has 3 rings (SSSR count). The Balaban J connectivity index is 1.74. The zero-order chi connectivity index (χ0) is 15.7. The second-order valence-electron chi connectivity index (χ2n) is 6.26. The van der Waals surface area contributed by atoms with Crippen LogP contribution in [0.25, 0.3) is 0 Å². The Morgan fingerprint density at radius 2 is 1.82 bits per heavy atom. The first-order chi connectivity index (χ1) is 10.5. The van der Waals surface area contributed by atoms with Crippen LogP contribution in [0.1, 0.15) is 49.4 Å². The number of nitrogens with zero attached hydrogens (tertiary/aromatic N) is 1. The van der Waals surface area contributed by atoms with Crippen LogP contribution in [0.5, 0.6) is 0 Å². The smallest absolute Gasteiger partial charge is 0.254 e. The first kappa shape index (κ1) is 15.5. The lowest BCUT2D eigenvalue weighted by Crippen LogP contribution is -2.42. The number of amides is 1. The second-order valence-corrected chi connectivity index (χ2v) is 7.98. The van der Waals surface area contributed by atoms with Gasteiger partial charge in [-0.15, -0.1) is 0 Å². The molecule has 1 aromatic rings. The number of benzene rings is 1. The topological polar surface area (TPSA) is 66.5 Å². The molecule has 1 N–H and O–H groups in total. The standard InChI is InChI=1S/C16H22N2O3S/c1-12-4-2-3-11-18(12)16(19)13-5-9-15(10-6-13)22(20,21)17-14-7-8-14/h5-6,9-10,12,14,17H,2-4,7-8,11H2,1H3. The summed E-state index contributed by atoms with van der Waals surface area (Å²) >= 11 is 0. The molecular formula is C16H22N2O3S. The molecule has 1 saturated carbocycles. The van der Waals surface area contributed by atoms with Gasteiger partial charge >= 0.3 is 0 Å². The Morgan fingerprint density at radius 3 is 2.41 bits per heavy atom. The summed E-state index contributed by atoms with van der Waals surface area (Å²) in [6.45, 7) is 2.85. The van der Waals surface area contributed by atoms with Crippen LogP contribution in [-0.2, 0) is 10.0 Å². The summed E-state index contributed by atoms with van der Waals surface area (Å²) in [6, 6.07) is 6.61. The number of likely N-dealkylation sites (tertiary alicyclic amines) is 1. The summed E-state index contributed by atoms with van der Waals surface area (Å²) in [5.74, 6) is -0.00806. The highest BCUT2D eigenvalue weighted by Gasteiger charge is 2.28. The molecule has 5 nitrogen and oxygen atoms in total. The van der Waals surface area contributed by atoms with Crippen LogP contribution in [0.2, 0.25) is 0 Å². The van der Waals surface area contributed by atoms with Crippen molar-refractivity contribution in [3.63, 3.8) is 0 Å². The average Bonchev–Trinajstić information content (AvgIpc) is 3.30. The molecule has 120 valence electrons. The van der Waals surface area contributed by atoms with Crippen LogP contribution in [0, 0.1) is 0 Å². The molecule has 2 aliphatic rings. The number of sulfonamides is 1. The lowest BCUT2D eigenvalue weighted by Gasteiger charge is -2.33. The van der Waals surface area contributed by atoms with E-state index < -0.39 is 10.0 Å². The SMILES string of the molecule is CC1CCCCN1C(=O)c1ccc(S(=O)(=O)NC2CC2)cc1. The number of carbonyl (C=O) groups excluding carboxylic acids is 1. The minimum Gasteiger partial charge on any atom is -0.336 e. The Morgan fingerprint density at radius 1 is 1.14 bits per heavy atom. The highest BCUT2D eigenvalue weighted by atomic mass is 32.2. The van der Waals surface area contributed by atoms with Gasteiger partial charge in [-0.3, -0.25) is 4.79 Å². The van der Waals surface area contributed by atoms with Gasteiger partial charge in [0.05, 0.1) is 4.90 Å². The van der Waals surface area contributed by atoms with Gasteiger partial charge < -0.3 is 4.90 Å². The maximum absolute atomic E-state index is 12.5. The largest absolute Gasteiger partial charge is 0.336 e. The van der Waals surface area contributed by atoms with Gasteiger partial charge in [0.25, 0.3) is 5.91 Å². The molecule has 6 heteroatoms. The van der Waals surface area contributed by atoms with Crippen molar-refractivity contribution in [3.8, 4) is 0 Å². The van der Waals surface area contributed by atoms with Crippen LogP contribution < -0.4 is 4.72 Å². The minimum absolute atomic E-state index is 0.00806. The Labute approximate surface area is 131 Å². The maximum Gasteiger partial charge on any atom is 0.254 e. The Bertz CT molecular complexity index is 650. The van der Waals surface area contributed by atoms with E-state index in [1.54, 1.807) is 12.1 Å². The fourth-order valence-electron chi connectivity index (χ4n) is 2.83. The lowest BCUT2D eigenvalue weighted by atomic mass is 10.0. The third kappa shape index (κ3) is 3.33. The van der Waals surface area contributed by atoms with E-state index in [9.17, 15) is 13.2 Å². The molecule has 0 radical (unpaired) electrons. The normalized spacial score (nSPS) is 22.6. The Kier molecular flexibility index (Phi) is 4.23. The fourth-order valence-corrected chi connectivity index (χ4v) is 4.14. The fraction of sp³-hybridized carbons (Fsp3) is 0.562. The third-order valence-electron chi connectivity index (χ3n) is 4.37. The Hall–Kier alpha value is -1.40. The molecule has 2 fully saturated rings. The van der Waals surface area contributed by atoms with Crippen molar-refractivity contribution in [1.29, 1.82) is 0 Å². The van der Waals surface area contributed by atoms with Gasteiger partial charge in [-0.1, -0.05) is 0 Å². The number of carbonyl (C=O) groups is 1. The van der Waals surface area contributed by atoms with Crippen LogP contribution in [0.4, 0.5) is 0 Å². The zero-order valence-corrected chi connectivity index (χ0v) is 13.6. The molecule has 0 bridgehead atoms. The van der Waals surface area contributed by atoms with Gasteiger partial charge in [-0.2, -0.15) is 0 Å². The van der Waals surface area contributed by atoms with Crippen LogP contribution in [0.15, 0.2) is 29.2 Å². The number of hydrogen-bond donors (Lipinski definition) is 1. The first-order valence-corrected chi connectivity index (χ1v) is 9.39. The van der Waals surface area contributed by atoms with Crippen molar-refractivity contribution in [2.45, 2.75) is 56.0 Å². The average molecular weight is 322 g/mol. The first-order valence-electron chi connectivity index (χ1n) is 7.91. The predicted octanol–water partition coefficient (Wildman–Crippen LogP) is 2.14. The van der Waals surface area contributed by atoms with Gasteiger partial charge in [0.1, 0.15) is 0 Å². The second kappa shape index (κ2) is 6.01. The van der Waals surface area contributed by atoms with Gasteiger partial charge in [-0.05, 0) is 63.3 Å². The van der Waals surface area contributed by atoms with Gasteiger partial charge in [0.15, 0.2) is 0 Å². The molecule has 1 heterocycles. The van der Waals surface area contributed by atoms with Crippen molar-refractivity contribution < 1.29 is 13.2 Å². The van der Waals surface area contributed by atoms with E-state index in [1.807, 2.05) is 4.90 Å². The van der Waals surface area contributed by atoms with Crippen LogP contribution in [-0.4, -0.2) is 37.9 Å². The van der Waals surface area contributed by atoms with Gasteiger partial charge in [0.2, 0.25) is 10.0 Å². The summed E-state index contributed by atoms with van der Waals surface area (Å²) in [4.78, 5) is 14.6. The van der Waals surface area contributed by atoms with Crippen LogP contribution in [0.3, 0.4) is 0 Å². The lowest BCUT2D eigenvalue weighted by molar-refractivity contribution is 0.0635. The third-order valence-corrected chi connectivity index (χ3v) is 5.91. The van der Waals surface area contributed by atoms with Crippen LogP contribution >= 0.6 is 0 Å². The summed E-state index contributed by atoms with van der Waals surface area (Å²) in [7, 11) is -3.45. The summed E-state index contributed by atoms with van der Waals surface area (Å²) < 4.78 is 26.9. The van der Waals surface area contributed by atoms with Crippen molar-refractivity contribution in [3.05, 3.63) is 29.8 Å². The maximum atomic E-state index is 12.5. The van der Waals surface area contributed by atoms with Gasteiger partial charge in [0, 0.05) is 24.2 Å². The molecule has 1 atom stereocenters. The quantitative estimate of drug-likeness (QED) is 0.923. The van der Waals surface area contributed by atoms with E-state index in [2.05, 4.69) is 11.6 Å². The number of piperidine rings is 1. The predicted molar refractivity (Wildman–Crippen MR) is 84.1 cm³/mol. The summed E-state index contributed by atoms with van der Waals surface area (Å²) in [6.07, 6.45) is 5.04. The zero-order valence-electron chi connectivity index (χ0n) is 12.8. The molecule has 1 saturated heterocycles. The number of nitrogens with one attached hydrogen (secondary N) is 1. The molecule has 22 heavy (non-hydrogen) atoms. The molecule has 1 amide bonds. The molecule has 0 aromatic heterocycles. The van der Waals surface area contributed by atoms with Crippen molar-refractivity contribution in [1.82, 2.24) is 9.62 Å². The molecule has 1 aliphatic heterocycles. The monoisotopic (exact) mass is 322 g/mol. The number of hydrogen-bond acceptors (Lipinski definition) is 3. The van der Waals surface area contributed by atoms with E-state index in [4.69, 9.17) is 0 Å². The molecule has 1 aromatic carbocycles. The van der Waals surface area contributed by atoms with Crippen molar-refractivity contribution >= 4 is 15.9 Å². The summed E-state index contributed by atoms with van der Waals surface area (Å²) in [5, 5.41) is 0. The van der Waals surface area contributed by atoms with Crippen molar-refractivity contribution in [2.24, 2.45) is 0 Å². The van der Waals surface area contributed by atoms with E-state index in [1.165, 1.54) is 12.1 Å². The van der Waals surface area contributed by atoms with E-state index in [0.717, 1.165) is 38.6 Å². The van der Waals surface area contributed by atoms with E-state index >= 15 is 0 Å². The van der Waals surface area contributed by atoms with E-state index in [0.29, 0.717) is 5.56 Å². The summed E-state index contributed by atoms with van der Waals surface area (Å²) in [5.41, 5.74) is 0.555.